The number of amides is 1. The summed E-state index contributed by atoms with van der Waals surface area (Å²) < 4.78 is 4.67. The Morgan fingerprint density at radius 1 is 1.22 bits per heavy atom. The largest absolute Gasteiger partial charge is 0.467 e. The summed E-state index contributed by atoms with van der Waals surface area (Å²) in [5.74, 6) is -0.653. The van der Waals surface area contributed by atoms with Gasteiger partial charge in [-0.1, -0.05) is 20.8 Å². The number of rotatable bonds is 6. The summed E-state index contributed by atoms with van der Waals surface area (Å²) in [5, 5.41) is 2.69. The highest BCUT2D eigenvalue weighted by Gasteiger charge is 2.26. The standard InChI is InChI=1S/C12H24N2O3.ClH/c1-7(2)6-10(12(16)17-5)14-11(15)8(3)9(4)13;/h7-10H,6,13H2,1-5H3,(H,14,15);1H. The van der Waals surface area contributed by atoms with Crippen LogP contribution in [0.25, 0.3) is 0 Å². The molecule has 108 valence electrons. The van der Waals surface area contributed by atoms with Crippen molar-refractivity contribution in [1.82, 2.24) is 5.32 Å². The van der Waals surface area contributed by atoms with Gasteiger partial charge < -0.3 is 15.8 Å². The summed E-state index contributed by atoms with van der Waals surface area (Å²) in [4.78, 5) is 23.3. The van der Waals surface area contributed by atoms with Gasteiger partial charge in [0.25, 0.3) is 0 Å². The maximum atomic E-state index is 11.8. The highest BCUT2D eigenvalue weighted by atomic mass is 35.5. The van der Waals surface area contributed by atoms with Crippen LogP contribution in [0.2, 0.25) is 0 Å². The van der Waals surface area contributed by atoms with Gasteiger partial charge in [-0.25, -0.2) is 4.79 Å². The van der Waals surface area contributed by atoms with E-state index in [1.54, 1.807) is 13.8 Å². The predicted octanol–water partition coefficient (Wildman–Crippen LogP) is 1.10. The molecule has 0 saturated heterocycles. The van der Waals surface area contributed by atoms with Gasteiger partial charge in [-0.2, -0.15) is 0 Å². The van der Waals surface area contributed by atoms with Crippen LogP contribution in [-0.2, 0) is 14.3 Å². The van der Waals surface area contributed by atoms with Gasteiger partial charge in [0, 0.05) is 12.0 Å². The van der Waals surface area contributed by atoms with E-state index in [1.807, 2.05) is 13.8 Å². The number of carbonyl (C=O) groups is 2. The molecule has 18 heavy (non-hydrogen) atoms. The molecule has 0 saturated carbocycles. The molecule has 0 aromatic carbocycles. The fourth-order valence-corrected chi connectivity index (χ4v) is 1.37. The van der Waals surface area contributed by atoms with Gasteiger partial charge in [-0.15, -0.1) is 12.4 Å². The van der Waals surface area contributed by atoms with Crippen LogP contribution in [0.15, 0.2) is 0 Å². The van der Waals surface area contributed by atoms with Crippen molar-refractivity contribution in [2.45, 2.75) is 46.2 Å². The van der Waals surface area contributed by atoms with Gasteiger partial charge >= 0.3 is 5.97 Å². The molecule has 0 rings (SSSR count). The van der Waals surface area contributed by atoms with E-state index < -0.39 is 12.0 Å². The first-order chi connectivity index (χ1) is 7.79. The van der Waals surface area contributed by atoms with Crippen molar-refractivity contribution in [2.75, 3.05) is 7.11 Å². The first-order valence-corrected chi connectivity index (χ1v) is 5.93. The van der Waals surface area contributed by atoms with Gasteiger partial charge in [0.15, 0.2) is 0 Å². The van der Waals surface area contributed by atoms with Crippen molar-refractivity contribution in [1.29, 1.82) is 0 Å². The molecule has 6 heteroatoms. The number of carbonyl (C=O) groups excluding carboxylic acids is 2. The third-order valence-corrected chi connectivity index (χ3v) is 2.71. The number of nitrogens with two attached hydrogens (primary N) is 1. The van der Waals surface area contributed by atoms with Crippen LogP contribution in [0.4, 0.5) is 0 Å². The lowest BCUT2D eigenvalue weighted by Crippen LogP contribution is -2.47. The minimum Gasteiger partial charge on any atom is -0.467 e. The lowest BCUT2D eigenvalue weighted by molar-refractivity contribution is -0.146. The third-order valence-electron chi connectivity index (χ3n) is 2.71. The highest BCUT2D eigenvalue weighted by molar-refractivity contribution is 5.86. The van der Waals surface area contributed by atoms with E-state index in [1.165, 1.54) is 7.11 Å². The Hall–Kier alpha value is -0.810. The summed E-state index contributed by atoms with van der Waals surface area (Å²) in [6.07, 6.45) is 0.560. The minimum atomic E-state index is -0.589. The summed E-state index contributed by atoms with van der Waals surface area (Å²) in [6, 6.07) is -0.832. The van der Waals surface area contributed by atoms with Gasteiger partial charge in [0.2, 0.25) is 5.91 Å². The number of hydrogen-bond donors (Lipinski definition) is 2. The minimum absolute atomic E-state index is 0. The molecule has 3 unspecified atom stereocenters. The quantitative estimate of drug-likeness (QED) is 0.714. The summed E-state index contributed by atoms with van der Waals surface area (Å²) >= 11 is 0. The zero-order chi connectivity index (χ0) is 13.6. The zero-order valence-electron chi connectivity index (χ0n) is 11.7. The number of methoxy groups -OCH3 is 1. The first-order valence-electron chi connectivity index (χ1n) is 5.93. The maximum absolute atomic E-state index is 11.8. The number of ether oxygens (including phenoxy) is 1. The van der Waals surface area contributed by atoms with Gasteiger partial charge in [0.05, 0.1) is 7.11 Å². The molecule has 5 nitrogen and oxygen atoms in total. The van der Waals surface area contributed by atoms with Crippen LogP contribution in [0.3, 0.4) is 0 Å². The van der Waals surface area contributed by atoms with E-state index in [0.29, 0.717) is 12.3 Å². The fraction of sp³-hybridized carbons (Fsp3) is 0.833. The van der Waals surface area contributed by atoms with E-state index >= 15 is 0 Å². The lowest BCUT2D eigenvalue weighted by atomic mass is 10.0. The Balaban J connectivity index is 0. The van der Waals surface area contributed by atoms with Crippen molar-refractivity contribution in [2.24, 2.45) is 17.6 Å². The van der Waals surface area contributed by atoms with E-state index in [2.05, 4.69) is 10.1 Å². The van der Waals surface area contributed by atoms with Crippen molar-refractivity contribution >= 4 is 24.3 Å². The zero-order valence-corrected chi connectivity index (χ0v) is 12.5. The van der Waals surface area contributed by atoms with E-state index in [0.717, 1.165) is 0 Å². The number of hydrogen-bond acceptors (Lipinski definition) is 4. The second-order valence-electron chi connectivity index (χ2n) is 4.86. The number of halogens is 1. The number of esters is 1. The van der Waals surface area contributed by atoms with Crippen molar-refractivity contribution in [3.8, 4) is 0 Å². The lowest BCUT2D eigenvalue weighted by Gasteiger charge is -2.22. The van der Waals surface area contributed by atoms with Gasteiger partial charge in [-0.05, 0) is 19.3 Å². The Labute approximate surface area is 115 Å². The Morgan fingerprint density at radius 2 is 1.72 bits per heavy atom. The van der Waals surface area contributed by atoms with E-state index in [4.69, 9.17) is 5.73 Å². The van der Waals surface area contributed by atoms with Crippen LogP contribution in [0, 0.1) is 11.8 Å². The van der Waals surface area contributed by atoms with Crippen molar-refractivity contribution in [3.63, 3.8) is 0 Å². The van der Waals surface area contributed by atoms with E-state index in [-0.39, 0.29) is 30.3 Å². The summed E-state index contributed by atoms with van der Waals surface area (Å²) in [5.41, 5.74) is 5.65. The molecule has 0 heterocycles. The van der Waals surface area contributed by atoms with Crippen LogP contribution in [0.5, 0.6) is 0 Å². The first kappa shape index (κ1) is 19.5. The molecule has 3 N–H and O–H groups in total. The van der Waals surface area contributed by atoms with Gasteiger partial charge in [0.1, 0.15) is 6.04 Å². The van der Waals surface area contributed by atoms with Crippen molar-refractivity contribution < 1.29 is 14.3 Å². The highest BCUT2D eigenvalue weighted by Crippen LogP contribution is 2.08. The number of nitrogens with one attached hydrogen (secondary N) is 1. The summed E-state index contributed by atoms with van der Waals surface area (Å²) in [6.45, 7) is 7.47. The SMILES string of the molecule is COC(=O)C(CC(C)C)NC(=O)C(C)C(C)N.Cl. The predicted molar refractivity (Wildman–Crippen MR) is 73.5 cm³/mol. The monoisotopic (exact) mass is 280 g/mol. The second kappa shape index (κ2) is 9.16. The Bertz CT molecular complexity index is 270. The second-order valence-corrected chi connectivity index (χ2v) is 4.86. The molecular formula is C12H25ClN2O3. The smallest absolute Gasteiger partial charge is 0.328 e. The molecule has 0 aromatic heterocycles. The molecular weight excluding hydrogens is 256 g/mol. The molecule has 1 amide bonds. The van der Waals surface area contributed by atoms with Crippen LogP contribution in [0.1, 0.15) is 34.1 Å². The Morgan fingerprint density at radius 3 is 2.06 bits per heavy atom. The molecule has 0 aromatic rings. The normalized spacial score (nSPS) is 15.3. The molecule has 0 aliphatic heterocycles. The fourth-order valence-electron chi connectivity index (χ4n) is 1.37. The van der Waals surface area contributed by atoms with Crippen LogP contribution >= 0.6 is 12.4 Å². The molecule has 0 bridgehead atoms. The Kier molecular flexibility index (Phi) is 9.94. The van der Waals surface area contributed by atoms with Gasteiger partial charge in [-0.3, -0.25) is 4.79 Å². The average molecular weight is 281 g/mol. The molecule has 3 atom stereocenters. The molecule has 0 radical (unpaired) electrons. The molecule has 0 aliphatic carbocycles. The van der Waals surface area contributed by atoms with Crippen LogP contribution in [-0.4, -0.2) is 31.1 Å². The third kappa shape index (κ3) is 6.81. The van der Waals surface area contributed by atoms with E-state index in [9.17, 15) is 9.59 Å². The maximum Gasteiger partial charge on any atom is 0.328 e. The summed E-state index contributed by atoms with van der Waals surface area (Å²) in [7, 11) is 1.32. The van der Waals surface area contributed by atoms with Crippen molar-refractivity contribution in [3.05, 3.63) is 0 Å². The average Bonchev–Trinajstić information content (AvgIpc) is 2.24. The molecule has 0 aliphatic rings. The van der Waals surface area contributed by atoms with Crippen LogP contribution < -0.4 is 11.1 Å². The molecule has 0 spiro atoms. The molecule has 0 fully saturated rings. The topological polar surface area (TPSA) is 81.4 Å².